The lowest BCUT2D eigenvalue weighted by atomic mass is 10.0. The first-order valence-electron chi connectivity index (χ1n) is 6.57. The van der Waals surface area contributed by atoms with Crippen LogP contribution in [0.5, 0.6) is 0 Å². The number of aromatic nitrogens is 1. The van der Waals surface area contributed by atoms with Gasteiger partial charge in [-0.05, 0) is 30.5 Å². The molecule has 1 atom stereocenters. The van der Waals surface area contributed by atoms with Crippen LogP contribution in [0.4, 0.5) is 5.82 Å². The molecule has 0 radical (unpaired) electrons. The Bertz CT molecular complexity index is 597. The molecule has 4 heteroatoms. The van der Waals surface area contributed by atoms with E-state index >= 15 is 0 Å². The van der Waals surface area contributed by atoms with Crippen molar-refractivity contribution in [3.63, 3.8) is 0 Å². The van der Waals surface area contributed by atoms with Crippen LogP contribution in [-0.4, -0.2) is 22.6 Å². The van der Waals surface area contributed by atoms with Gasteiger partial charge in [-0.25, -0.2) is 9.78 Å². The highest BCUT2D eigenvalue weighted by Gasteiger charge is 2.08. The SMILES string of the molecule is Cc1cc(C(=O)O)cc(NCC(C)c2ccccc2)n1. The summed E-state index contributed by atoms with van der Waals surface area (Å²) in [5.41, 5.74) is 2.19. The number of nitrogens with zero attached hydrogens (tertiary/aromatic N) is 1. The van der Waals surface area contributed by atoms with Crippen molar-refractivity contribution >= 4 is 11.8 Å². The smallest absolute Gasteiger partial charge is 0.335 e. The quantitative estimate of drug-likeness (QED) is 0.875. The average molecular weight is 270 g/mol. The van der Waals surface area contributed by atoms with E-state index < -0.39 is 5.97 Å². The van der Waals surface area contributed by atoms with Gasteiger partial charge in [0.1, 0.15) is 5.82 Å². The van der Waals surface area contributed by atoms with Gasteiger partial charge in [0.25, 0.3) is 0 Å². The standard InChI is InChI=1S/C16H18N2O2/c1-11(13-6-4-3-5-7-13)10-17-15-9-14(16(19)20)8-12(2)18-15/h3-9,11H,10H2,1-2H3,(H,17,18)(H,19,20). The van der Waals surface area contributed by atoms with Crippen molar-refractivity contribution < 1.29 is 9.90 Å². The number of benzene rings is 1. The largest absolute Gasteiger partial charge is 0.478 e. The lowest BCUT2D eigenvalue weighted by Crippen LogP contribution is -2.12. The number of aromatic carboxylic acids is 1. The molecule has 2 aromatic rings. The molecular weight excluding hydrogens is 252 g/mol. The molecule has 0 aliphatic rings. The maximum Gasteiger partial charge on any atom is 0.335 e. The van der Waals surface area contributed by atoms with Gasteiger partial charge in [0.15, 0.2) is 0 Å². The van der Waals surface area contributed by atoms with Gasteiger partial charge in [0, 0.05) is 12.2 Å². The predicted molar refractivity (Wildman–Crippen MR) is 79.3 cm³/mol. The molecule has 0 fully saturated rings. The van der Waals surface area contributed by atoms with Gasteiger partial charge in [-0.3, -0.25) is 0 Å². The Morgan fingerprint density at radius 1 is 1.30 bits per heavy atom. The summed E-state index contributed by atoms with van der Waals surface area (Å²) in [4.78, 5) is 15.3. The second-order valence-corrected chi connectivity index (χ2v) is 4.88. The minimum atomic E-state index is -0.936. The number of hydrogen-bond acceptors (Lipinski definition) is 3. The molecule has 2 N–H and O–H groups in total. The van der Waals surface area contributed by atoms with Crippen LogP contribution in [0.3, 0.4) is 0 Å². The van der Waals surface area contributed by atoms with Gasteiger partial charge < -0.3 is 10.4 Å². The molecule has 1 unspecified atom stereocenters. The molecule has 0 saturated carbocycles. The van der Waals surface area contributed by atoms with E-state index in [0.29, 0.717) is 24.0 Å². The molecular formula is C16H18N2O2. The second-order valence-electron chi connectivity index (χ2n) is 4.88. The zero-order valence-electron chi connectivity index (χ0n) is 11.6. The second kappa shape index (κ2) is 6.19. The van der Waals surface area contributed by atoms with Crippen molar-refractivity contribution in [1.82, 2.24) is 4.98 Å². The van der Waals surface area contributed by atoms with Crippen LogP contribution in [0.2, 0.25) is 0 Å². The molecule has 4 nitrogen and oxygen atoms in total. The Labute approximate surface area is 118 Å². The van der Waals surface area contributed by atoms with E-state index in [2.05, 4.69) is 29.4 Å². The van der Waals surface area contributed by atoms with E-state index in [9.17, 15) is 4.79 Å². The van der Waals surface area contributed by atoms with Crippen molar-refractivity contribution in [2.24, 2.45) is 0 Å². The molecule has 0 amide bonds. The van der Waals surface area contributed by atoms with Crippen LogP contribution in [0.25, 0.3) is 0 Å². The summed E-state index contributed by atoms with van der Waals surface area (Å²) in [6.07, 6.45) is 0. The number of carbonyl (C=O) groups is 1. The maximum atomic E-state index is 11.0. The third kappa shape index (κ3) is 3.57. The van der Waals surface area contributed by atoms with Crippen LogP contribution in [0.1, 0.15) is 34.5 Å². The molecule has 1 aromatic heterocycles. The summed E-state index contributed by atoms with van der Waals surface area (Å²) in [5, 5.41) is 12.2. The van der Waals surface area contributed by atoms with Crippen LogP contribution in [-0.2, 0) is 0 Å². The van der Waals surface area contributed by atoms with Crippen LogP contribution < -0.4 is 5.32 Å². The zero-order chi connectivity index (χ0) is 14.5. The van der Waals surface area contributed by atoms with Crippen molar-refractivity contribution in [2.75, 3.05) is 11.9 Å². The third-order valence-electron chi connectivity index (χ3n) is 3.16. The van der Waals surface area contributed by atoms with E-state index in [1.54, 1.807) is 19.1 Å². The molecule has 0 aliphatic carbocycles. The minimum absolute atomic E-state index is 0.257. The highest BCUT2D eigenvalue weighted by atomic mass is 16.4. The molecule has 20 heavy (non-hydrogen) atoms. The fraction of sp³-hybridized carbons (Fsp3) is 0.250. The molecule has 2 rings (SSSR count). The first-order chi connectivity index (χ1) is 9.56. The van der Waals surface area contributed by atoms with Gasteiger partial charge in [-0.2, -0.15) is 0 Å². The summed E-state index contributed by atoms with van der Waals surface area (Å²) in [5.74, 6) is -0.00775. The highest BCUT2D eigenvalue weighted by Crippen LogP contribution is 2.16. The predicted octanol–water partition coefficient (Wildman–Crippen LogP) is 3.30. The van der Waals surface area contributed by atoms with E-state index in [-0.39, 0.29) is 5.56 Å². The molecule has 1 aromatic carbocycles. The van der Waals surface area contributed by atoms with E-state index in [0.717, 1.165) is 0 Å². The van der Waals surface area contributed by atoms with Gasteiger partial charge in [-0.15, -0.1) is 0 Å². The molecule has 1 heterocycles. The minimum Gasteiger partial charge on any atom is -0.478 e. The fourth-order valence-corrected chi connectivity index (χ4v) is 2.04. The number of pyridine rings is 1. The average Bonchev–Trinajstić information content (AvgIpc) is 2.45. The number of nitrogens with one attached hydrogen (secondary N) is 1. The van der Waals surface area contributed by atoms with Crippen molar-refractivity contribution in [2.45, 2.75) is 19.8 Å². The van der Waals surface area contributed by atoms with E-state index in [1.165, 1.54) is 5.56 Å². The topological polar surface area (TPSA) is 62.2 Å². The third-order valence-corrected chi connectivity index (χ3v) is 3.16. The first kappa shape index (κ1) is 14.1. The summed E-state index contributed by atoms with van der Waals surface area (Å²) in [6.45, 7) is 4.62. The Hall–Kier alpha value is -2.36. The van der Waals surface area contributed by atoms with Crippen LogP contribution >= 0.6 is 0 Å². The molecule has 0 spiro atoms. The Morgan fingerprint density at radius 2 is 2.00 bits per heavy atom. The van der Waals surface area contributed by atoms with Crippen molar-refractivity contribution in [3.05, 3.63) is 59.3 Å². The lowest BCUT2D eigenvalue weighted by Gasteiger charge is -2.14. The normalized spacial score (nSPS) is 11.9. The van der Waals surface area contributed by atoms with E-state index in [4.69, 9.17) is 5.11 Å². The summed E-state index contributed by atoms with van der Waals surface area (Å²) in [6, 6.07) is 13.3. The van der Waals surface area contributed by atoms with Gasteiger partial charge in [0.05, 0.1) is 5.56 Å². The fourth-order valence-electron chi connectivity index (χ4n) is 2.04. The van der Waals surface area contributed by atoms with Gasteiger partial charge in [-0.1, -0.05) is 37.3 Å². The van der Waals surface area contributed by atoms with Crippen molar-refractivity contribution in [1.29, 1.82) is 0 Å². The van der Waals surface area contributed by atoms with Crippen molar-refractivity contribution in [3.8, 4) is 0 Å². The van der Waals surface area contributed by atoms with Gasteiger partial charge in [0.2, 0.25) is 0 Å². The Balaban J connectivity index is 2.06. The molecule has 0 aliphatic heterocycles. The number of hydrogen-bond donors (Lipinski definition) is 2. The number of carboxylic acids is 1. The highest BCUT2D eigenvalue weighted by molar-refractivity contribution is 5.88. The van der Waals surface area contributed by atoms with Crippen LogP contribution in [0, 0.1) is 6.92 Å². The zero-order valence-corrected chi connectivity index (χ0v) is 11.6. The number of rotatable bonds is 5. The Morgan fingerprint density at radius 3 is 2.65 bits per heavy atom. The first-order valence-corrected chi connectivity index (χ1v) is 6.57. The maximum absolute atomic E-state index is 11.0. The number of carboxylic acid groups (broad SMARTS) is 1. The molecule has 0 saturated heterocycles. The molecule has 104 valence electrons. The Kier molecular flexibility index (Phi) is 4.35. The summed E-state index contributed by atoms with van der Waals surface area (Å²) < 4.78 is 0. The molecule has 0 bridgehead atoms. The number of aryl methyl sites for hydroxylation is 1. The summed E-state index contributed by atoms with van der Waals surface area (Å²) in [7, 11) is 0. The number of anilines is 1. The van der Waals surface area contributed by atoms with E-state index in [1.807, 2.05) is 18.2 Å². The monoisotopic (exact) mass is 270 g/mol. The van der Waals surface area contributed by atoms with Gasteiger partial charge >= 0.3 is 5.97 Å². The van der Waals surface area contributed by atoms with Crippen LogP contribution in [0.15, 0.2) is 42.5 Å². The lowest BCUT2D eigenvalue weighted by molar-refractivity contribution is 0.0696. The summed E-state index contributed by atoms with van der Waals surface area (Å²) >= 11 is 0.